The van der Waals surface area contributed by atoms with Crippen molar-refractivity contribution in [1.82, 2.24) is 0 Å². The number of nitrogens with zero attached hydrogens (tertiary/aromatic N) is 1. The summed E-state index contributed by atoms with van der Waals surface area (Å²) in [6.45, 7) is 0. The van der Waals surface area contributed by atoms with Crippen molar-refractivity contribution in [1.29, 1.82) is 5.26 Å². The molecular formula is C16H13BrN2. The fraction of sp³-hybridized carbons (Fsp3) is 0.188. The Hall–Kier alpha value is -1.79. The highest BCUT2D eigenvalue weighted by molar-refractivity contribution is 9.10. The van der Waals surface area contributed by atoms with Gasteiger partial charge >= 0.3 is 0 Å². The third kappa shape index (κ3) is 2.50. The molecule has 2 nitrogen and oxygen atoms in total. The minimum absolute atomic E-state index is 0.380. The van der Waals surface area contributed by atoms with Gasteiger partial charge in [-0.2, -0.15) is 5.26 Å². The van der Waals surface area contributed by atoms with Crippen LogP contribution in [0.1, 0.15) is 16.7 Å². The minimum Gasteiger partial charge on any atom is -0.381 e. The number of rotatable bonds is 2. The number of nitriles is 1. The van der Waals surface area contributed by atoms with Crippen LogP contribution in [-0.4, -0.2) is 6.04 Å². The van der Waals surface area contributed by atoms with Crippen molar-refractivity contribution < 1.29 is 0 Å². The summed E-state index contributed by atoms with van der Waals surface area (Å²) in [5.41, 5.74) is 4.43. The zero-order valence-electron chi connectivity index (χ0n) is 10.4. The van der Waals surface area contributed by atoms with Crippen LogP contribution in [0.25, 0.3) is 0 Å². The lowest BCUT2D eigenvalue weighted by Gasteiger charge is -2.15. The van der Waals surface area contributed by atoms with E-state index < -0.39 is 0 Å². The van der Waals surface area contributed by atoms with Crippen molar-refractivity contribution in [2.75, 3.05) is 5.32 Å². The monoisotopic (exact) mass is 312 g/mol. The Kier molecular flexibility index (Phi) is 3.27. The van der Waals surface area contributed by atoms with Crippen molar-refractivity contribution >= 4 is 21.6 Å². The molecule has 19 heavy (non-hydrogen) atoms. The molecule has 0 aromatic heterocycles. The zero-order valence-corrected chi connectivity index (χ0v) is 11.9. The van der Waals surface area contributed by atoms with Gasteiger partial charge in [0, 0.05) is 10.5 Å². The lowest BCUT2D eigenvalue weighted by atomic mass is 10.1. The normalized spacial score (nSPS) is 13.9. The summed E-state index contributed by atoms with van der Waals surface area (Å²) in [7, 11) is 0. The molecule has 2 aromatic carbocycles. The van der Waals surface area contributed by atoms with Crippen LogP contribution in [-0.2, 0) is 12.8 Å². The smallest absolute Gasteiger partial charge is 0.101 e. The first kappa shape index (κ1) is 12.3. The summed E-state index contributed by atoms with van der Waals surface area (Å²) < 4.78 is 0.935. The molecule has 0 aliphatic heterocycles. The molecular weight excluding hydrogens is 300 g/mol. The number of anilines is 1. The Morgan fingerprint density at radius 1 is 1.11 bits per heavy atom. The lowest BCUT2D eigenvalue weighted by molar-refractivity contribution is 0.774. The van der Waals surface area contributed by atoms with Crippen molar-refractivity contribution in [2.24, 2.45) is 0 Å². The third-order valence-corrected chi connectivity index (χ3v) is 4.01. The second-order valence-corrected chi connectivity index (χ2v) is 5.74. The van der Waals surface area contributed by atoms with Crippen LogP contribution in [0.4, 0.5) is 5.69 Å². The van der Waals surface area contributed by atoms with E-state index in [2.05, 4.69) is 51.6 Å². The molecule has 1 N–H and O–H groups in total. The van der Waals surface area contributed by atoms with Crippen LogP contribution < -0.4 is 5.32 Å². The molecule has 0 saturated heterocycles. The van der Waals surface area contributed by atoms with Crippen molar-refractivity contribution in [3.05, 3.63) is 63.6 Å². The SMILES string of the molecule is N#Cc1cc(Br)ccc1NC1Cc2ccccc2C1. The van der Waals surface area contributed by atoms with E-state index in [1.54, 1.807) is 0 Å². The van der Waals surface area contributed by atoms with Crippen molar-refractivity contribution in [3.63, 3.8) is 0 Å². The van der Waals surface area contributed by atoms with Gasteiger partial charge in [-0.25, -0.2) is 0 Å². The van der Waals surface area contributed by atoms with Gasteiger partial charge in [0.1, 0.15) is 6.07 Å². The van der Waals surface area contributed by atoms with Gasteiger partial charge in [0.25, 0.3) is 0 Å². The summed E-state index contributed by atoms with van der Waals surface area (Å²) in [6.07, 6.45) is 2.05. The fourth-order valence-corrected chi connectivity index (χ4v) is 2.98. The summed E-state index contributed by atoms with van der Waals surface area (Å²) in [5, 5.41) is 12.7. The topological polar surface area (TPSA) is 35.8 Å². The van der Waals surface area contributed by atoms with Crippen LogP contribution in [0.2, 0.25) is 0 Å². The molecule has 3 rings (SSSR count). The molecule has 0 amide bonds. The molecule has 0 atom stereocenters. The Balaban J connectivity index is 1.80. The molecule has 0 spiro atoms. The van der Waals surface area contributed by atoms with Gasteiger partial charge in [-0.3, -0.25) is 0 Å². The van der Waals surface area contributed by atoms with Gasteiger partial charge in [-0.05, 0) is 42.2 Å². The van der Waals surface area contributed by atoms with Gasteiger partial charge in [0.2, 0.25) is 0 Å². The van der Waals surface area contributed by atoms with Gasteiger partial charge in [-0.15, -0.1) is 0 Å². The van der Waals surface area contributed by atoms with E-state index in [1.165, 1.54) is 11.1 Å². The molecule has 0 radical (unpaired) electrons. The summed E-state index contributed by atoms with van der Waals surface area (Å²) in [6, 6.07) is 16.9. The van der Waals surface area contributed by atoms with E-state index in [0.717, 1.165) is 23.0 Å². The van der Waals surface area contributed by atoms with Crippen LogP contribution in [0.5, 0.6) is 0 Å². The first-order chi connectivity index (χ1) is 9.26. The predicted octanol–water partition coefficient (Wildman–Crippen LogP) is 3.90. The Morgan fingerprint density at radius 3 is 2.42 bits per heavy atom. The second kappa shape index (κ2) is 5.07. The molecule has 0 unspecified atom stereocenters. The molecule has 0 heterocycles. The Bertz CT molecular complexity index is 633. The predicted molar refractivity (Wildman–Crippen MR) is 80.1 cm³/mol. The van der Waals surface area contributed by atoms with Crippen LogP contribution in [0.15, 0.2) is 46.9 Å². The highest BCUT2D eigenvalue weighted by Crippen LogP contribution is 2.27. The third-order valence-electron chi connectivity index (χ3n) is 3.51. The van der Waals surface area contributed by atoms with Gasteiger partial charge < -0.3 is 5.32 Å². The molecule has 1 aliphatic rings. The van der Waals surface area contributed by atoms with Crippen molar-refractivity contribution in [3.8, 4) is 6.07 Å². The van der Waals surface area contributed by atoms with Crippen LogP contribution >= 0.6 is 15.9 Å². The highest BCUT2D eigenvalue weighted by atomic mass is 79.9. The number of halogens is 1. The van der Waals surface area contributed by atoms with E-state index in [9.17, 15) is 5.26 Å². The summed E-state index contributed by atoms with van der Waals surface area (Å²) in [5.74, 6) is 0. The van der Waals surface area contributed by atoms with E-state index in [0.29, 0.717) is 11.6 Å². The largest absolute Gasteiger partial charge is 0.381 e. The Morgan fingerprint density at radius 2 is 1.79 bits per heavy atom. The summed E-state index contributed by atoms with van der Waals surface area (Å²) >= 11 is 3.39. The number of nitrogens with one attached hydrogen (secondary N) is 1. The first-order valence-electron chi connectivity index (χ1n) is 6.29. The number of fused-ring (bicyclic) bond motifs is 1. The minimum atomic E-state index is 0.380. The lowest BCUT2D eigenvalue weighted by Crippen LogP contribution is -2.20. The van der Waals surface area contributed by atoms with E-state index >= 15 is 0 Å². The molecule has 0 saturated carbocycles. The zero-order chi connectivity index (χ0) is 13.2. The standard InChI is InChI=1S/C16H13BrN2/c17-14-5-6-16(13(7-14)10-18)19-15-8-11-3-1-2-4-12(11)9-15/h1-7,15,19H,8-9H2. The van der Waals surface area contributed by atoms with E-state index in [4.69, 9.17) is 0 Å². The van der Waals surface area contributed by atoms with E-state index in [-0.39, 0.29) is 0 Å². The second-order valence-electron chi connectivity index (χ2n) is 4.82. The quantitative estimate of drug-likeness (QED) is 0.913. The summed E-state index contributed by atoms with van der Waals surface area (Å²) in [4.78, 5) is 0. The maximum atomic E-state index is 9.18. The van der Waals surface area contributed by atoms with Gasteiger partial charge in [-0.1, -0.05) is 40.2 Å². The van der Waals surface area contributed by atoms with Crippen molar-refractivity contribution in [2.45, 2.75) is 18.9 Å². The maximum Gasteiger partial charge on any atom is 0.101 e. The first-order valence-corrected chi connectivity index (χ1v) is 7.08. The number of hydrogen-bond donors (Lipinski definition) is 1. The number of benzene rings is 2. The average molecular weight is 313 g/mol. The molecule has 0 fully saturated rings. The number of hydrogen-bond acceptors (Lipinski definition) is 2. The van der Waals surface area contributed by atoms with Gasteiger partial charge in [0.15, 0.2) is 0 Å². The average Bonchev–Trinajstić information content (AvgIpc) is 2.83. The molecule has 0 bridgehead atoms. The van der Waals surface area contributed by atoms with Crippen LogP contribution in [0.3, 0.4) is 0 Å². The molecule has 3 heteroatoms. The van der Waals surface area contributed by atoms with E-state index in [1.807, 2.05) is 18.2 Å². The highest BCUT2D eigenvalue weighted by Gasteiger charge is 2.21. The Labute approximate surface area is 121 Å². The molecule has 1 aliphatic carbocycles. The maximum absolute atomic E-state index is 9.18. The molecule has 94 valence electrons. The fourth-order valence-electron chi connectivity index (χ4n) is 2.62. The van der Waals surface area contributed by atoms with Crippen LogP contribution in [0, 0.1) is 11.3 Å². The molecule has 2 aromatic rings. The van der Waals surface area contributed by atoms with Gasteiger partial charge in [0.05, 0.1) is 11.3 Å².